The number of aromatic nitrogens is 2. The molecule has 0 aliphatic rings. The predicted octanol–water partition coefficient (Wildman–Crippen LogP) is 2.79. The fraction of sp³-hybridized carbons (Fsp3) is 0.250. The maximum atomic E-state index is 12.0. The molecule has 124 valence electrons. The molecule has 0 atom stereocenters. The Kier molecular flexibility index (Phi) is 4.55. The molecule has 1 aromatic heterocycles. The number of ether oxygens (including phenoxy) is 1. The Morgan fingerprint density at radius 1 is 1.29 bits per heavy atom. The van der Waals surface area contributed by atoms with Gasteiger partial charge in [-0.1, -0.05) is 0 Å². The first-order valence-corrected chi connectivity index (χ1v) is 7.03. The number of anilines is 1. The molecule has 0 unspecified atom stereocenters. The topological polar surface area (TPSA) is 117 Å². The van der Waals surface area contributed by atoms with Crippen LogP contribution in [0.3, 0.4) is 0 Å². The van der Waals surface area contributed by atoms with Crippen LogP contribution in [0.4, 0.5) is 10.6 Å². The monoisotopic (exact) mass is 328 g/mol. The molecule has 2 rings (SSSR count). The number of amides is 1. The highest BCUT2D eigenvalue weighted by molar-refractivity contribution is 5.88. The van der Waals surface area contributed by atoms with Gasteiger partial charge in [-0.25, -0.2) is 14.3 Å². The fourth-order valence-electron chi connectivity index (χ4n) is 1.89. The van der Waals surface area contributed by atoms with Gasteiger partial charge in [-0.2, -0.15) is 10.4 Å². The van der Waals surface area contributed by atoms with Crippen molar-refractivity contribution in [1.29, 1.82) is 5.26 Å². The molecular formula is C16H16N4O4. The van der Waals surface area contributed by atoms with Gasteiger partial charge < -0.3 is 9.84 Å². The summed E-state index contributed by atoms with van der Waals surface area (Å²) in [4.78, 5) is 22.9. The lowest BCUT2D eigenvalue weighted by Gasteiger charge is -2.20. The lowest BCUT2D eigenvalue weighted by molar-refractivity contribution is 0.0633. The van der Waals surface area contributed by atoms with Crippen LogP contribution < -0.4 is 5.32 Å². The predicted molar refractivity (Wildman–Crippen MR) is 85.1 cm³/mol. The molecule has 2 N–H and O–H groups in total. The first-order chi connectivity index (χ1) is 11.2. The van der Waals surface area contributed by atoms with Crippen LogP contribution in [0, 0.1) is 11.3 Å². The van der Waals surface area contributed by atoms with Crippen LogP contribution in [0.2, 0.25) is 0 Å². The molecule has 8 nitrogen and oxygen atoms in total. The Bertz CT molecular complexity index is 810. The molecule has 0 saturated heterocycles. The third-order valence-electron chi connectivity index (χ3n) is 2.87. The summed E-state index contributed by atoms with van der Waals surface area (Å²) in [6.45, 7) is 5.17. The zero-order chi connectivity index (χ0) is 17.9. The van der Waals surface area contributed by atoms with Crippen LogP contribution in [0.25, 0.3) is 5.69 Å². The number of carbonyl (C=O) groups excluding carboxylic acids is 1. The maximum Gasteiger partial charge on any atom is 0.413 e. The van der Waals surface area contributed by atoms with Gasteiger partial charge in [0, 0.05) is 0 Å². The minimum Gasteiger partial charge on any atom is -0.478 e. The zero-order valence-electron chi connectivity index (χ0n) is 13.4. The number of nitrogens with zero attached hydrogens (tertiary/aromatic N) is 3. The quantitative estimate of drug-likeness (QED) is 0.894. The Hall–Kier alpha value is -3.34. The van der Waals surface area contributed by atoms with Crippen LogP contribution >= 0.6 is 0 Å². The molecular weight excluding hydrogens is 312 g/mol. The van der Waals surface area contributed by atoms with Gasteiger partial charge in [-0.3, -0.25) is 5.32 Å². The molecule has 0 bridgehead atoms. The zero-order valence-corrected chi connectivity index (χ0v) is 13.4. The van der Waals surface area contributed by atoms with E-state index in [1.54, 1.807) is 20.8 Å². The van der Waals surface area contributed by atoms with Gasteiger partial charge in [0.2, 0.25) is 0 Å². The number of hydrogen-bond donors (Lipinski definition) is 2. The average Bonchev–Trinajstić information content (AvgIpc) is 2.88. The molecule has 0 saturated carbocycles. The van der Waals surface area contributed by atoms with E-state index in [-0.39, 0.29) is 16.9 Å². The van der Waals surface area contributed by atoms with Crippen LogP contribution in [0.1, 0.15) is 36.7 Å². The number of carbonyl (C=O) groups is 2. The van der Waals surface area contributed by atoms with E-state index >= 15 is 0 Å². The number of nitriles is 1. The standard InChI is InChI=1S/C16H16N4O4/c1-16(2,3)24-15(23)19-13-11(8-17)9-18-20(13)12-6-4-10(5-7-12)14(21)22/h4-7,9H,1-3H3,(H,19,23)(H,21,22). The minimum absolute atomic E-state index is 0.119. The normalized spacial score (nSPS) is 10.8. The first kappa shape index (κ1) is 17.0. The molecule has 0 fully saturated rings. The van der Waals surface area contributed by atoms with Gasteiger partial charge in [0.05, 0.1) is 17.4 Å². The van der Waals surface area contributed by atoms with Crippen molar-refractivity contribution in [3.63, 3.8) is 0 Å². The number of nitrogens with one attached hydrogen (secondary N) is 1. The number of carboxylic acids is 1. The third kappa shape index (κ3) is 3.89. The lowest BCUT2D eigenvalue weighted by atomic mass is 10.2. The van der Waals surface area contributed by atoms with E-state index < -0.39 is 17.7 Å². The summed E-state index contributed by atoms with van der Waals surface area (Å²) >= 11 is 0. The summed E-state index contributed by atoms with van der Waals surface area (Å²) in [5.74, 6) is -0.901. The summed E-state index contributed by atoms with van der Waals surface area (Å²) in [6, 6.07) is 7.80. The summed E-state index contributed by atoms with van der Waals surface area (Å²) in [6.07, 6.45) is 0.584. The second-order valence-electron chi connectivity index (χ2n) is 5.91. The molecule has 1 amide bonds. The van der Waals surface area contributed by atoms with Crippen LogP contribution in [-0.4, -0.2) is 32.6 Å². The van der Waals surface area contributed by atoms with Gasteiger partial charge in [0.15, 0.2) is 5.82 Å². The van der Waals surface area contributed by atoms with E-state index in [1.165, 1.54) is 35.1 Å². The smallest absolute Gasteiger partial charge is 0.413 e. The molecule has 1 heterocycles. The van der Waals surface area contributed by atoms with Crippen molar-refractivity contribution >= 4 is 17.9 Å². The van der Waals surface area contributed by atoms with Crippen molar-refractivity contribution in [1.82, 2.24) is 9.78 Å². The van der Waals surface area contributed by atoms with Gasteiger partial charge in [0.1, 0.15) is 17.2 Å². The summed E-state index contributed by atoms with van der Waals surface area (Å²) in [5.41, 5.74) is 0.0778. The van der Waals surface area contributed by atoms with E-state index in [9.17, 15) is 9.59 Å². The van der Waals surface area contributed by atoms with Crippen molar-refractivity contribution in [3.8, 4) is 11.8 Å². The van der Waals surface area contributed by atoms with Crippen LogP contribution in [0.15, 0.2) is 30.5 Å². The second-order valence-corrected chi connectivity index (χ2v) is 5.91. The lowest BCUT2D eigenvalue weighted by Crippen LogP contribution is -2.28. The molecule has 24 heavy (non-hydrogen) atoms. The average molecular weight is 328 g/mol. The molecule has 8 heteroatoms. The van der Waals surface area contributed by atoms with Gasteiger partial charge >= 0.3 is 12.1 Å². The number of benzene rings is 1. The highest BCUT2D eigenvalue weighted by atomic mass is 16.6. The van der Waals surface area contributed by atoms with Gasteiger partial charge in [-0.05, 0) is 45.0 Å². The van der Waals surface area contributed by atoms with E-state index in [0.717, 1.165) is 0 Å². The molecule has 0 spiro atoms. The fourth-order valence-corrected chi connectivity index (χ4v) is 1.89. The van der Waals surface area contributed by atoms with Crippen LogP contribution in [-0.2, 0) is 4.74 Å². The van der Waals surface area contributed by atoms with Gasteiger partial charge in [-0.15, -0.1) is 0 Å². The Morgan fingerprint density at radius 3 is 2.42 bits per heavy atom. The van der Waals surface area contributed by atoms with Crippen molar-refractivity contribution < 1.29 is 19.4 Å². The minimum atomic E-state index is -1.05. The van der Waals surface area contributed by atoms with E-state index in [0.29, 0.717) is 5.69 Å². The Balaban J connectivity index is 2.35. The van der Waals surface area contributed by atoms with E-state index in [1.807, 2.05) is 6.07 Å². The Morgan fingerprint density at radius 2 is 1.92 bits per heavy atom. The molecule has 2 aromatic rings. The number of aromatic carboxylic acids is 1. The number of hydrogen-bond acceptors (Lipinski definition) is 5. The largest absolute Gasteiger partial charge is 0.478 e. The SMILES string of the molecule is CC(C)(C)OC(=O)Nc1c(C#N)cnn1-c1ccc(C(=O)O)cc1. The van der Waals surface area contributed by atoms with Crippen molar-refractivity contribution in [2.24, 2.45) is 0 Å². The molecule has 0 aliphatic carbocycles. The summed E-state index contributed by atoms with van der Waals surface area (Å²) < 4.78 is 6.50. The second kappa shape index (κ2) is 6.42. The first-order valence-electron chi connectivity index (χ1n) is 7.03. The van der Waals surface area contributed by atoms with Crippen molar-refractivity contribution in [2.45, 2.75) is 26.4 Å². The highest BCUT2D eigenvalue weighted by Gasteiger charge is 2.20. The molecule has 0 radical (unpaired) electrons. The van der Waals surface area contributed by atoms with Gasteiger partial charge in [0.25, 0.3) is 0 Å². The summed E-state index contributed by atoms with van der Waals surface area (Å²) in [7, 11) is 0. The van der Waals surface area contributed by atoms with Crippen molar-refractivity contribution in [3.05, 3.63) is 41.6 Å². The highest BCUT2D eigenvalue weighted by Crippen LogP contribution is 2.21. The Labute approximate surface area is 138 Å². The van der Waals surface area contributed by atoms with Crippen LogP contribution in [0.5, 0.6) is 0 Å². The third-order valence-corrected chi connectivity index (χ3v) is 2.87. The van der Waals surface area contributed by atoms with E-state index in [4.69, 9.17) is 15.1 Å². The molecule has 1 aromatic carbocycles. The van der Waals surface area contributed by atoms with Crippen molar-refractivity contribution in [2.75, 3.05) is 5.32 Å². The summed E-state index contributed by atoms with van der Waals surface area (Å²) in [5, 5.41) is 24.7. The maximum absolute atomic E-state index is 12.0. The number of rotatable bonds is 3. The number of carboxylic acid groups (broad SMARTS) is 1. The van der Waals surface area contributed by atoms with E-state index in [2.05, 4.69) is 10.4 Å². The molecule has 0 aliphatic heterocycles.